The lowest BCUT2D eigenvalue weighted by Crippen LogP contribution is -2.57. The highest BCUT2D eigenvalue weighted by atomic mass is 16.5. The summed E-state index contributed by atoms with van der Waals surface area (Å²) < 4.78 is 6.65. The van der Waals surface area contributed by atoms with E-state index >= 15 is 0 Å². The first-order chi connectivity index (χ1) is 8.74. The van der Waals surface area contributed by atoms with Gasteiger partial charge in [0.25, 0.3) is 0 Å². The maximum Gasteiger partial charge on any atom is 0.0774 e. The van der Waals surface area contributed by atoms with Crippen LogP contribution in [0.2, 0.25) is 0 Å². The zero-order valence-electron chi connectivity index (χ0n) is 13.1. The van der Waals surface area contributed by atoms with E-state index in [9.17, 15) is 5.11 Å². The molecule has 2 saturated carbocycles. The van der Waals surface area contributed by atoms with E-state index in [1.807, 2.05) is 0 Å². The van der Waals surface area contributed by atoms with Crippen LogP contribution in [0, 0.1) is 11.3 Å². The Morgan fingerprint density at radius 2 is 1.89 bits per heavy atom. The summed E-state index contributed by atoms with van der Waals surface area (Å²) in [6, 6.07) is 0. The third-order valence-corrected chi connectivity index (χ3v) is 6.63. The minimum Gasteiger partial charge on any atom is -0.390 e. The average Bonchev–Trinajstić information content (AvgIpc) is 2.51. The summed E-state index contributed by atoms with van der Waals surface area (Å²) >= 11 is 0. The molecule has 3 rings (SSSR count). The van der Waals surface area contributed by atoms with Gasteiger partial charge < -0.3 is 9.84 Å². The van der Waals surface area contributed by atoms with E-state index in [2.05, 4.69) is 27.7 Å². The van der Waals surface area contributed by atoms with Crippen LogP contribution in [0.25, 0.3) is 0 Å². The van der Waals surface area contributed by atoms with Crippen LogP contribution in [0.4, 0.5) is 0 Å². The molecule has 0 aromatic heterocycles. The molecule has 4 atom stereocenters. The fraction of sp³-hybridized carbons (Fsp3) is 1.00. The monoisotopic (exact) mass is 266 g/mol. The van der Waals surface area contributed by atoms with Crippen LogP contribution < -0.4 is 0 Å². The van der Waals surface area contributed by atoms with E-state index in [1.54, 1.807) is 0 Å². The van der Waals surface area contributed by atoms with Crippen molar-refractivity contribution in [3.63, 3.8) is 0 Å². The van der Waals surface area contributed by atoms with Crippen LogP contribution in [0.3, 0.4) is 0 Å². The van der Waals surface area contributed by atoms with Crippen molar-refractivity contribution in [2.75, 3.05) is 0 Å². The Kier molecular flexibility index (Phi) is 2.91. The summed E-state index contributed by atoms with van der Waals surface area (Å²) in [4.78, 5) is 0. The zero-order valence-corrected chi connectivity index (χ0v) is 13.1. The Bertz CT molecular complexity index is 377. The summed E-state index contributed by atoms with van der Waals surface area (Å²) in [7, 11) is 0. The zero-order chi connectivity index (χ0) is 13.9. The summed E-state index contributed by atoms with van der Waals surface area (Å²) in [5, 5.41) is 10.9. The highest BCUT2D eigenvalue weighted by Crippen LogP contribution is 2.65. The Balaban J connectivity index is 1.93. The molecule has 1 heterocycles. The molecule has 2 heteroatoms. The second-order valence-corrected chi connectivity index (χ2v) is 8.35. The number of ether oxygens (including phenoxy) is 1. The first-order valence-corrected chi connectivity index (χ1v) is 8.17. The van der Waals surface area contributed by atoms with Crippen molar-refractivity contribution in [1.82, 2.24) is 0 Å². The molecule has 0 amide bonds. The predicted molar refractivity (Wildman–Crippen MR) is 77.1 cm³/mol. The molecule has 0 unspecified atom stereocenters. The van der Waals surface area contributed by atoms with Crippen molar-refractivity contribution in [3.05, 3.63) is 0 Å². The van der Waals surface area contributed by atoms with Crippen LogP contribution in [-0.2, 0) is 4.74 Å². The molecule has 19 heavy (non-hydrogen) atoms. The summed E-state index contributed by atoms with van der Waals surface area (Å²) in [6.07, 6.45) is 8.71. The van der Waals surface area contributed by atoms with E-state index in [0.29, 0.717) is 5.92 Å². The second kappa shape index (κ2) is 3.98. The highest BCUT2D eigenvalue weighted by Gasteiger charge is 2.66. The van der Waals surface area contributed by atoms with Gasteiger partial charge in [-0.2, -0.15) is 0 Å². The van der Waals surface area contributed by atoms with Gasteiger partial charge in [-0.1, -0.05) is 20.3 Å². The van der Waals surface area contributed by atoms with Gasteiger partial charge in [-0.25, -0.2) is 0 Å². The van der Waals surface area contributed by atoms with Crippen LogP contribution in [0.1, 0.15) is 79.1 Å². The number of hydrogen-bond acceptors (Lipinski definition) is 2. The van der Waals surface area contributed by atoms with Crippen molar-refractivity contribution in [2.45, 2.75) is 95.9 Å². The summed E-state index contributed by atoms with van der Waals surface area (Å²) in [6.45, 7) is 9.10. The maximum absolute atomic E-state index is 10.9. The molecule has 0 radical (unpaired) electrons. The summed E-state index contributed by atoms with van der Waals surface area (Å²) in [5.74, 6) is 0.685. The molecule has 3 aliphatic rings. The smallest absolute Gasteiger partial charge is 0.0774 e. The number of aliphatic hydroxyl groups is 1. The Morgan fingerprint density at radius 1 is 1.16 bits per heavy atom. The third kappa shape index (κ3) is 1.90. The Morgan fingerprint density at radius 3 is 2.58 bits per heavy atom. The number of fused-ring (bicyclic) bond motifs is 1. The first-order valence-electron chi connectivity index (χ1n) is 8.17. The molecule has 1 aliphatic heterocycles. The predicted octanol–water partition coefficient (Wildman–Crippen LogP) is 4.06. The minimum atomic E-state index is -0.476. The fourth-order valence-electron chi connectivity index (χ4n) is 5.29. The molecule has 1 N–H and O–H groups in total. The van der Waals surface area contributed by atoms with Gasteiger partial charge in [-0.05, 0) is 63.7 Å². The molecule has 0 aromatic rings. The molecule has 2 aliphatic carbocycles. The van der Waals surface area contributed by atoms with Crippen molar-refractivity contribution < 1.29 is 9.84 Å². The lowest BCUT2D eigenvalue weighted by atomic mass is 9.53. The highest BCUT2D eigenvalue weighted by molar-refractivity contribution is 5.15. The molecule has 2 nitrogen and oxygen atoms in total. The SMILES string of the molecule is CCC[C@]1(O)CC[C@@]2(C)CC[C@@H]3C[C@@]2(C1)OC3(C)C. The maximum atomic E-state index is 10.9. The number of hydrogen-bond donors (Lipinski definition) is 1. The van der Waals surface area contributed by atoms with Gasteiger partial charge in [-0.3, -0.25) is 0 Å². The van der Waals surface area contributed by atoms with Gasteiger partial charge >= 0.3 is 0 Å². The fourth-order valence-corrected chi connectivity index (χ4v) is 5.29. The largest absolute Gasteiger partial charge is 0.390 e. The van der Waals surface area contributed by atoms with Crippen LogP contribution >= 0.6 is 0 Å². The van der Waals surface area contributed by atoms with Crippen LogP contribution in [0.15, 0.2) is 0 Å². The van der Waals surface area contributed by atoms with Gasteiger partial charge in [0.1, 0.15) is 0 Å². The van der Waals surface area contributed by atoms with Crippen molar-refractivity contribution in [1.29, 1.82) is 0 Å². The second-order valence-electron chi connectivity index (χ2n) is 8.35. The van der Waals surface area contributed by atoms with E-state index in [-0.39, 0.29) is 16.6 Å². The molecule has 3 fully saturated rings. The van der Waals surface area contributed by atoms with Gasteiger partial charge in [0.2, 0.25) is 0 Å². The minimum absolute atomic E-state index is 0.00221. The topological polar surface area (TPSA) is 29.5 Å². The quantitative estimate of drug-likeness (QED) is 0.817. The third-order valence-electron chi connectivity index (χ3n) is 6.63. The van der Waals surface area contributed by atoms with Gasteiger partial charge in [0.15, 0.2) is 0 Å². The molecule has 0 aromatic carbocycles. The molecule has 2 bridgehead atoms. The average molecular weight is 266 g/mol. The van der Waals surface area contributed by atoms with Crippen molar-refractivity contribution in [2.24, 2.45) is 11.3 Å². The molecule has 110 valence electrons. The van der Waals surface area contributed by atoms with E-state index in [1.165, 1.54) is 19.3 Å². The van der Waals surface area contributed by atoms with E-state index in [4.69, 9.17) is 4.74 Å². The standard InChI is InChI=1S/C17H30O2/c1-5-7-16(18)10-9-15(4)8-6-13-11-17(15,12-16)19-14(13,2)3/h13,18H,5-12H2,1-4H3/t13-,15-,16+,17+/m1/s1. The lowest BCUT2D eigenvalue weighted by molar-refractivity contribution is -0.210. The van der Waals surface area contributed by atoms with Crippen molar-refractivity contribution in [3.8, 4) is 0 Å². The van der Waals surface area contributed by atoms with Crippen molar-refractivity contribution >= 4 is 0 Å². The molecule has 1 spiro atoms. The normalized spacial score (nSPS) is 51.9. The Hall–Kier alpha value is -0.0800. The van der Waals surface area contributed by atoms with E-state index in [0.717, 1.165) is 32.1 Å². The number of rotatable bonds is 2. The Labute approximate surface area is 117 Å². The lowest BCUT2D eigenvalue weighted by Gasteiger charge is -2.56. The molecular formula is C17H30O2. The molecular weight excluding hydrogens is 236 g/mol. The molecule has 1 saturated heterocycles. The van der Waals surface area contributed by atoms with Gasteiger partial charge in [0.05, 0.1) is 16.8 Å². The van der Waals surface area contributed by atoms with Gasteiger partial charge in [0, 0.05) is 6.42 Å². The van der Waals surface area contributed by atoms with Gasteiger partial charge in [-0.15, -0.1) is 0 Å². The van der Waals surface area contributed by atoms with Crippen LogP contribution in [-0.4, -0.2) is 21.9 Å². The van der Waals surface area contributed by atoms with Crippen LogP contribution in [0.5, 0.6) is 0 Å². The van der Waals surface area contributed by atoms with E-state index < -0.39 is 5.60 Å². The summed E-state index contributed by atoms with van der Waals surface area (Å²) in [5.41, 5.74) is -0.238. The first kappa shape index (κ1) is 13.9.